The van der Waals surface area contributed by atoms with E-state index in [-0.39, 0.29) is 11.8 Å². The second-order valence-corrected chi connectivity index (χ2v) is 4.91. The molecule has 2 amide bonds. The number of anilines is 1. The minimum absolute atomic E-state index is 0.00496. The van der Waals surface area contributed by atoms with Gasteiger partial charge in [0.05, 0.1) is 6.42 Å². The van der Waals surface area contributed by atoms with E-state index in [4.69, 9.17) is 0 Å². The summed E-state index contributed by atoms with van der Waals surface area (Å²) in [5.41, 5.74) is 1.75. The number of nitrogens with one attached hydrogen (secondary N) is 2. The van der Waals surface area contributed by atoms with Gasteiger partial charge in [0.1, 0.15) is 0 Å². The first-order valence-corrected chi connectivity index (χ1v) is 7.06. The number of carbonyl (C=O) groups excluding carboxylic acids is 2. The molecule has 1 saturated heterocycles. The van der Waals surface area contributed by atoms with Gasteiger partial charge in [-0.1, -0.05) is 19.1 Å². The molecule has 108 valence electrons. The van der Waals surface area contributed by atoms with Gasteiger partial charge >= 0.3 is 0 Å². The quantitative estimate of drug-likeness (QED) is 0.862. The molecule has 1 fully saturated rings. The van der Waals surface area contributed by atoms with Crippen molar-refractivity contribution in [2.24, 2.45) is 0 Å². The predicted molar refractivity (Wildman–Crippen MR) is 78.5 cm³/mol. The van der Waals surface area contributed by atoms with Crippen molar-refractivity contribution in [2.75, 3.05) is 31.5 Å². The van der Waals surface area contributed by atoms with E-state index >= 15 is 0 Å². The summed E-state index contributed by atoms with van der Waals surface area (Å²) in [7, 11) is 0. The second-order valence-electron chi connectivity index (χ2n) is 4.91. The highest BCUT2D eigenvalue weighted by Gasteiger charge is 2.16. The molecule has 0 spiro atoms. The maximum Gasteiger partial charge on any atom is 0.227 e. The molecule has 2 N–H and O–H groups in total. The first-order chi connectivity index (χ1) is 9.69. The monoisotopic (exact) mass is 275 g/mol. The largest absolute Gasteiger partial charge is 0.340 e. The lowest BCUT2D eigenvalue weighted by atomic mass is 10.1. The number of carbonyl (C=O) groups is 2. The topological polar surface area (TPSA) is 61.4 Å². The van der Waals surface area contributed by atoms with Crippen LogP contribution in [0.2, 0.25) is 0 Å². The highest BCUT2D eigenvalue weighted by atomic mass is 16.2. The van der Waals surface area contributed by atoms with Crippen LogP contribution in [0.3, 0.4) is 0 Å². The number of amides is 2. The van der Waals surface area contributed by atoms with Crippen LogP contribution in [0.15, 0.2) is 24.3 Å². The summed E-state index contributed by atoms with van der Waals surface area (Å²) in [6, 6.07) is 7.47. The van der Waals surface area contributed by atoms with Crippen LogP contribution in [0.25, 0.3) is 0 Å². The lowest BCUT2D eigenvalue weighted by molar-refractivity contribution is -0.131. The summed E-state index contributed by atoms with van der Waals surface area (Å²) in [5, 5.41) is 6.02. The zero-order chi connectivity index (χ0) is 14.4. The van der Waals surface area contributed by atoms with Gasteiger partial charge in [-0.25, -0.2) is 0 Å². The van der Waals surface area contributed by atoms with Gasteiger partial charge in [0.25, 0.3) is 0 Å². The molecule has 0 aromatic heterocycles. The fraction of sp³-hybridized carbons (Fsp3) is 0.467. The average molecular weight is 275 g/mol. The van der Waals surface area contributed by atoms with Crippen molar-refractivity contribution in [1.29, 1.82) is 0 Å². The third-order valence-electron chi connectivity index (χ3n) is 3.38. The van der Waals surface area contributed by atoms with E-state index in [1.165, 1.54) is 0 Å². The molecule has 1 heterocycles. The van der Waals surface area contributed by atoms with Crippen molar-refractivity contribution in [1.82, 2.24) is 10.2 Å². The lowest BCUT2D eigenvalue weighted by Gasteiger charge is -2.27. The minimum Gasteiger partial charge on any atom is -0.340 e. The normalized spacial score (nSPS) is 14.9. The maximum atomic E-state index is 12.1. The van der Waals surface area contributed by atoms with Gasteiger partial charge in [0.2, 0.25) is 11.8 Å². The van der Waals surface area contributed by atoms with E-state index in [0.717, 1.165) is 37.4 Å². The van der Waals surface area contributed by atoms with E-state index in [1.54, 1.807) is 0 Å². The van der Waals surface area contributed by atoms with Crippen LogP contribution < -0.4 is 10.6 Å². The van der Waals surface area contributed by atoms with Crippen molar-refractivity contribution in [3.05, 3.63) is 29.8 Å². The molecule has 0 unspecified atom stereocenters. The van der Waals surface area contributed by atoms with Crippen molar-refractivity contribution < 1.29 is 9.59 Å². The third-order valence-corrected chi connectivity index (χ3v) is 3.38. The predicted octanol–water partition coefficient (Wildman–Crippen LogP) is 1.01. The summed E-state index contributed by atoms with van der Waals surface area (Å²) in [5.74, 6) is 0.159. The first-order valence-electron chi connectivity index (χ1n) is 7.06. The Hall–Kier alpha value is -1.88. The van der Waals surface area contributed by atoms with E-state index in [1.807, 2.05) is 36.1 Å². The lowest BCUT2D eigenvalue weighted by Crippen LogP contribution is -2.46. The van der Waals surface area contributed by atoms with Crippen LogP contribution >= 0.6 is 0 Å². The van der Waals surface area contributed by atoms with Gasteiger partial charge in [-0.05, 0) is 17.7 Å². The van der Waals surface area contributed by atoms with Crippen LogP contribution in [0.5, 0.6) is 0 Å². The minimum atomic E-state index is -0.00496. The number of hydrogen-bond donors (Lipinski definition) is 2. The molecule has 0 radical (unpaired) electrons. The zero-order valence-electron chi connectivity index (χ0n) is 11.8. The number of nitrogens with zero attached hydrogens (tertiary/aromatic N) is 1. The number of benzene rings is 1. The first kappa shape index (κ1) is 14.5. The molecule has 5 nitrogen and oxygen atoms in total. The molecule has 1 aliphatic heterocycles. The highest BCUT2D eigenvalue weighted by Crippen LogP contribution is 2.11. The SMILES string of the molecule is CCC(=O)Nc1ccc(CC(=O)N2CCNCC2)cc1. The van der Waals surface area contributed by atoms with Crippen molar-refractivity contribution in [2.45, 2.75) is 19.8 Å². The summed E-state index contributed by atoms with van der Waals surface area (Å²) in [4.78, 5) is 25.3. The van der Waals surface area contributed by atoms with Gasteiger partial charge in [-0.3, -0.25) is 9.59 Å². The van der Waals surface area contributed by atoms with E-state index in [9.17, 15) is 9.59 Å². The number of hydrogen-bond acceptors (Lipinski definition) is 3. The molecule has 1 aromatic rings. The van der Waals surface area contributed by atoms with E-state index in [2.05, 4.69) is 10.6 Å². The Morgan fingerprint density at radius 2 is 1.85 bits per heavy atom. The number of rotatable bonds is 4. The van der Waals surface area contributed by atoms with Crippen LogP contribution in [-0.2, 0) is 16.0 Å². The molecular formula is C15H21N3O2. The molecule has 20 heavy (non-hydrogen) atoms. The summed E-state index contributed by atoms with van der Waals surface area (Å²) in [6.07, 6.45) is 0.880. The maximum absolute atomic E-state index is 12.1. The molecule has 0 saturated carbocycles. The molecular weight excluding hydrogens is 254 g/mol. The van der Waals surface area contributed by atoms with Crippen LogP contribution in [-0.4, -0.2) is 42.9 Å². The smallest absolute Gasteiger partial charge is 0.227 e. The van der Waals surface area contributed by atoms with E-state index in [0.29, 0.717) is 12.8 Å². The van der Waals surface area contributed by atoms with Crippen LogP contribution in [0.4, 0.5) is 5.69 Å². The molecule has 0 bridgehead atoms. The zero-order valence-corrected chi connectivity index (χ0v) is 11.8. The van der Waals surface area contributed by atoms with Gasteiger partial charge < -0.3 is 15.5 Å². The Bertz CT molecular complexity index is 465. The summed E-state index contributed by atoms with van der Waals surface area (Å²) >= 11 is 0. The fourth-order valence-corrected chi connectivity index (χ4v) is 2.16. The van der Waals surface area contributed by atoms with Crippen molar-refractivity contribution >= 4 is 17.5 Å². The molecule has 1 aliphatic rings. The molecule has 0 atom stereocenters. The Kier molecular flexibility index (Phi) is 5.12. The van der Waals surface area contributed by atoms with Gasteiger partial charge in [-0.15, -0.1) is 0 Å². The fourth-order valence-electron chi connectivity index (χ4n) is 2.16. The van der Waals surface area contributed by atoms with Crippen LogP contribution in [0.1, 0.15) is 18.9 Å². The number of piperazine rings is 1. The second kappa shape index (κ2) is 7.05. The summed E-state index contributed by atoms with van der Waals surface area (Å²) < 4.78 is 0. The Morgan fingerprint density at radius 1 is 1.20 bits per heavy atom. The molecule has 1 aromatic carbocycles. The van der Waals surface area contributed by atoms with Crippen LogP contribution in [0, 0.1) is 0 Å². The highest BCUT2D eigenvalue weighted by molar-refractivity contribution is 5.90. The molecule has 2 rings (SSSR count). The van der Waals surface area contributed by atoms with E-state index < -0.39 is 0 Å². The Balaban J connectivity index is 1.89. The average Bonchev–Trinajstić information content (AvgIpc) is 2.50. The van der Waals surface area contributed by atoms with Gasteiger partial charge in [0, 0.05) is 38.3 Å². The van der Waals surface area contributed by atoms with Gasteiger partial charge in [-0.2, -0.15) is 0 Å². The van der Waals surface area contributed by atoms with Crippen molar-refractivity contribution in [3.63, 3.8) is 0 Å². The standard InChI is InChI=1S/C15H21N3O2/c1-2-14(19)17-13-5-3-12(4-6-13)11-15(20)18-9-7-16-8-10-18/h3-6,16H,2,7-11H2,1H3,(H,17,19). The Labute approximate surface area is 119 Å². The third kappa shape index (κ3) is 4.06. The molecule has 5 heteroatoms. The van der Waals surface area contributed by atoms with Gasteiger partial charge in [0.15, 0.2) is 0 Å². The Morgan fingerprint density at radius 3 is 2.45 bits per heavy atom. The van der Waals surface area contributed by atoms with Crippen molar-refractivity contribution in [3.8, 4) is 0 Å². The summed E-state index contributed by atoms with van der Waals surface area (Å²) in [6.45, 7) is 5.12. The molecule has 0 aliphatic carbocycles.